The zero-order chi connectivity index (χ0) is 21.0. The number of amides is 4. The number of rotatable bonds is 6. The lowest BCUT2D eigenvalue weighted by Gasteiger charge is -2.25. The maximum atomic E-state index is 12.9. The quantitative estimate of drug-likeness (QED) is 0.476. The van der Waals surface area contributed by atoms with E-state index in [4.69, 9.17) is 4.74 Å². The number of hydrogen-bond donors (Lipinski definition) is 3. The van der Waals surface area contributed by atoms with Crippen molar-refractivity contribution < 1.29 is 23.9 Å². The molecule has 1 aliphatic heterocycles. The minimum absolute atomic E-state index is 0.264. The first-order valence-electron chi connectivity index (χ1n) is 8.75. The smallest absolute Gasteiger partial charge is 0.344 e. The molecule has 0 unspecified atom stereocenters. The Labute approximate surface area is 164 Å². The van der Waals surface area contributed by atoms with Crippen molar-refractivity contribution in [1.29, 1.82) is 0 Å². The lowest BCUT2D eigenvalue weighted by atomic mass is 9.87. The number of H-pyrrole nitrogens is 1. The topological polar surface area (TPSA) is 138 Å². The highest BCUT2D eigenvalue weighted by Crippen LogP contribution is 2.31. The third-order valence-corrected chi connectivity index (χ3v) is 4.50. The van der Waals surface area contributed by atoms with E-state index < -0.39 is 41.5 Å². The van der Waals surface area contributed by atoms with Gasteiger partial charge in [0, 0.05) is 6.20 Å². The van der Waals surface area contributed by atoms with E-state index in [1.807, 2.05) is 0 Å². The number of hydrazine groups is 1. The van der Waals surface area contributed by atoms with Crippen molar-refractivity contribution in [2.24, 2.45) is 0 Å². The highest BCUT2D eigenvalue weighted by molar-refractivity contribution is 6.08. The standard InChI is InChI=1S/C19H18N4O6/c1-2-19(12-7-4-3-5-8-12)17(27)23(18(28)21-19)22-14(24)11-29-16(26)13-9-6-10-20-15(13)25/h3-10H,2,11H2,1H3,(H,20,25)(H,21,28)(H,22,24)/t19-/m1/s1. The SMILES string of the molecule is CC[C@]1(c2ccccc2)NC(=O)N(NC(=O)COC(=O)c2ccc[nH]c2=O)C1=O. The molecule has 29 heavy (non-hydrogen) atoms. The number of hydrogen-bond acceptors (Lipinski definition) is 6. The van der Waals surface area contributed by atoms with Crippen LogP contribution in [0.1, 0.15) is 29.3 Å². The van der Waals surface area contributed by atoms with Crippen LogP contribution in [0.2, 0.25) is 0 Å². The summed E-state index contributed by atoms with van der Waals surface area (Å²) in [6.07, 6.45) is 1.61. The fourth-order valence-electron chi connectivity index (χ4n) is 2.99. The van der Waals surface area contributed by atoms with Gasteiger partial charge in [0.2, 0.25) is 0 Å². The van der Waals surface area contributed by atoms with Crippen LogP contribution in [0.15, 0.2) is 53.5 Å². The number of urea groups is 1. The van der Waals surface area contributed by atoms with Crippen molar-refractivity contribution in [2.75, 3.05) is 6.61 Å². The number of nitrogens with zero attached hydrogens (tertiary/aromatic N) is 1. The van der Waals surface area contributed by atoms with Gasteiger partial charge in [0.05, 0.1) is 0 Å². The van der Waals surface area contributed by atoms with Crippen LogP contribution in [0.3, 0.4) is 0 Å². The Morgan fingerprint density at radius 2 is 1.83 bits per heavy atom. The Balaban J connectivity index is 1.67. The second kappa shape index (κ2) is 7.97. The molecule has 150 valence electrons. The van der Waals surface area contributed by atoms with Gasteiger partial charge in [-0.15, -0.1) is 0 Å². The third kappa shape index (κ3) is 3.72. The molecular formula is C19H18N4O6. The summed E-state index contributed by atoms with van der Waals surface area (Å²) in [5.41, 5.74) is 0.461. The summed E-state index contributed by atoms with van der Waals surface area (Å²) in [7, 11) is 0. The first kappa shape index (κ1) is 19.8. The van der Waals surface area contributed by atoms with E-state index in [2.05, 4.69) is 15.7 Å². The van der Waals surface area contributed by atoms with Gasteiger partial charge in [-0.25, -0.2) is 9.59 Å². The molecule has 3 N–H and O–H groups in total. The van der Waals surface area contributed by atoms with E-state index in [0.29, 0.717) is 10.6 Å². The number of aromatic amines is 1. The number of imide groups is 1. The molecule has 1 fully saturated rings. The molecule has 1 aromatic heterocycles. The first-order valence-corrected chi connectivity index (χ1v) is 8.75. The Bertz CT molecular complexity index is 1020. The van der Waals surface area contributed by atoms with Gasteiger partial charge in [0.15, 0.2) is 6.61 Å². The summed E-state index contributed by atoms with van der Waals surface area (Å²) in [5.74, 6) is -2.57. The number of carbonyl (C=O) groups is 4. The van der Waals surface area contributed by atoms with Crippen LogP contribution in [-0.4, -0.2) is 40.4 Å². The van der Waals surface area contributed by atoms with E-state index in [1.54, 1.807) is 37.3 Å². The Morgan fingerprint density at radius 3 is 2.48 bits per heavy atom. The van der Waals surface area contributed by atoms with Crippen molar-refractivity contribution in [3.63, 3.8) is 0 Å². The molecule has 3 rings (SSSR count). The van der Waals surface area contributed by atoms with E-state index in [1.165, 1.54) is 18.3 Å². The molecule has 4 amide bonds. The Kier molecular flexibility index (Phi) is 5.44. The van der Waals surface area contributed by atoms with Crippen molar-refractivity contribution in [3.8, 4) is 0 Å². The van der Waals surface area contributed by atoms with Gasteiger partial charge in [0.25, 0.3) is 17.4 Å². The predicted octanol–water partition coefficient (Wildman–Crippen LogP) is 0.420. The van der Waals surface area contributed by atoms with Crippen LogP contribution in [0.25, 0.3) is 0 Å². The first-order chi connectivity index (χ1) is 13.9. The Morgan fingerprint density at radius 1 is 1.10 bits per heavy atom. The van der Waals surface area contributed by atoms with Crippen LogP contribution in [0, 0.1) is 0 Å². The number of esters is 1. The summed E-state index contributed by atoms with van der Waals surface area (Å²) >= 11 is 0. The number of benzene rings is 1. The van der Waals surface area contributed by atoms with Crippen LogP contribution in [0.4, 0.5) is 4.79 Å². The van der Waals surface area contributed by atoms with Gasteiger partial charge in [-0.3, -0.25) is 19.8 Å². The summed E-state index contributed by atoms with van der Waals surface area (Å²) in [4.78, 5) is 63.0. The van der Waals surface area contributed by atoms with E-state index >= 15 is 0 Å². The molecule has 0 saturated carbocycles. The van der Waals surface area contributed by atoms with Crippen LogP contribution >= 0.6 is 0 Å². The lowest BCUT2D eigenvalue weighted by Crippen LogP contribution is -2.49. The van der Waals surface area contributed by atoms with E-state index in [-0.39, 0.29) is 12.0 Å². The van der Waals surface area contributed by atoms with Crippen LogP contribution in [-0.2, 0) is 19.9 Å². The maximum absolute atomic E-state index is 12.9. The zero-order valence-corrected chi connectivity index (χ0v) is 15.4. The van der Waals surface area contributed by atoms with Crippen molar-refractivity contribution in [3.05, 3.63) is 70.1 Å². The molecule has 1 aromatic carbocycles. The third-order valence-electron chi connectivity index (χ3n) is 4.50. The molecule has 10 nitrogen and oxygen atoms in total. The van der Waals surface area contributed by atoms with Crippen LogP contribution < -0.4 is 16.3 Å². The van der Waals surface area contributed by atoms with Crippen molar-refractivity contribution >= 4 is 23.8 Å². The fourth-order valence-corrected chi connectivity index (χ4v) is 2.99. The van der Waals surface area contributed by atoms with Crippen molar-refractivity contribution in [2.45, 2.75) is 18.9 Å². The fraction of sp³-hybridized carbons (Fsp3) is 0.211. The van der Waals surface area contributed by atoms with E-state index in [0.717, 1.165) is 0 Å². The molecule has 0 bridgehead atoms. The summed E-state index contributed by atoms with van der Waals surface area (Å²) in [6, 6.07) is 10.5. The predicted molar refractivity (Wildman–Crippen MR) is 99.3 cm³/mol. The highest BCUT2D eigenvalue weighted by atomic mass is 16.5. The summed E-state index contributed by atoms with van der Waals surface area (Å²) in [5, 5.41) is 3.16. The normalized spacial score (nSPS) is 18.3. The molecule has 1 saturated heterocycles. The van der Waals surface area contributed by atoms with Gasteiger partial charge in [-0.1, -0.05) is 37.3 Å². The summed E-state index contributed by atoms with van der Waals surface area (Å²) in [6.45, 7) is 0.949. The largest absolute Gasteiger partial charge is 0.452 e. The second-order valence-corrected chi connectivity index (χ2v) is 6.22. The van der Waals surface area contributed by atoms with Crippen molar-refractivity contribution in [1.82, 2.24) is 20.7 Å². The average Bonchev–Trinajstić information content (AvgIpc) is 2.98. The molecule has 2 heterocycles. The zero-order valence-electron chi connectivity index (χ0n) is 15.4. The molecule has 1 atom stereocenters. The molecule has 0 spiro atoms. The number of nitrogens with one attached hydrogen (secondary N) is 3. The maximum Gasteiger partial charge on any atom is 0.344 e. The molecular weight excluding hydrogens is 380 g/mol. The number of ether oxygens (including phenoxy) is 1. The second-order valence-electron chi connectivity index (χ2n) is 6.22. The molecule has 0 aliphatic carbocycles. The van der Waals surface area contributed by atoms with Gasteiger partial charge in [0.1, 0.15) is 11.1 Å². The monoisotopic (exact) mass is 398 g/mol. The molecule has 2 aromatic rings. The molecule has 1 aliphatic rings. The number of pyridine rings is 1. The van der Waals surface area contributed by atoms with Crippen LogP contribution in [0.5, 0.6) is 0 Å². The van der Waals surface area contributed by atoms with E-state index in [9.17, 15) is 24.0 Å². The number of carbonyl (C=O) groups excluding carboxylic acids is 4. The van der Waals surface area contributed by atoms with Gasteiger partial charge >= 0.3 is 12.0 Å². The summed E-state index contributed by atoms with van der Waals surface area (Å²) < 4.78 is 4.77. The Hall–Kier alpha value is -3.95. The lowest BCUT2D eigenvalue weighted by molar-refractivity contribution is -0.140. The van der Waals surface area contributed by atoms with Gasteiger partial charge < -0.3 is 15.0 Å². The van der Waals surface area contributed by atoms with Gasteiger partial charge in [-0.05, 0) is 24.1 Å². The number of aromatic nitrogens is 1. The average molecular weight is 398 g/mol. The van der Waals surface area contributed by atoms with Gasteiger partial charge in [-0.2, -0.15) is 5.01 Å². The minimum Gasteiger partial charge on any atom is -0.452 e. The highest BCUT2D eigenvalue weighted by Gasteiger charge is 2.52. The molecule has 0 radical (unpaired) electrons. The molecule has 10 heteroatoms. The minimum atomic E-state index is -1.31.